The first kappa shape index (κ1) is 17.3. The van der Waals surface area contributed by atoms with Crippen LogP contribution in [0.3, 0.4) is 0 Å². The van der Waals surface area contributed by atoms with Crippen LogP contribution in [0.2, 0.25) is 0 Å². The second-order valence-electron chi connectivity index (χ2n) is 8.14. The van der Waals surface area contributed by atoms with E-state index in [1.807, 2.05) is 17.0 Å². The number of esters is 1. The summed E-state index contributed by atoms with van der Waals surface area (Å²) in [6.07, 6.45) is 7.22. The molecule has 0 unspecified atom stereocenters. The van der Waals surface area contributed by atoms with E-state index in [0.29, 0.717) is 50.2 Å². The first-order chi connectivity index (χ1) is 13.6. The summed E-state index contributed by atoms with van der Waals surface area (Å²) >= 11 is 0. The van der Waals surface area contributed by atoms with Gasteiger partial charge in [-0.2, -0.15) is 4.98 Å². The maximum Gasteiger partial charge on any atom is 0.306 e. The van der Waals surface area contributed by atoms with Crippen LogP contribution < -0.4 is 0 Å². The Balaban J connectivity index is 1.35. The monoisotopic (exact) mass is 382 g/mol. The lowest BCUT2D eigenvalue weighted by molar-refractivity contribution is -0.138. The highest BCUT2D eigenvalue weighted by Crippen LogP contribution is 2.50. The van der Waals surface area contributed by atoms with E-state index < -0.39 is 0 Å². The van der Waals surface area contributed by atoms with Gasteiger partial charge in [-0.15, -0.1) is 0 Å². The number of ether oxygens (including phenoxy) is 1. The van der Waals surface area contributed by atoms with Crippen LogP contribution in [0.15, 0.2) is 29.0 Å². The van der Waals surface area contributed by atoms with Crippen molar-refractivity contribution < 1.29 is 18.8 Å². The van der Waals surface area contributed by atoms with Crippen molar-refractivity contribution in [1.29, 1.82) is 0 Å². The van der Waals surface area contributed by atoms with Gasteiger partial charge in [0.1, 0.15) is 0 Å². The van der Waals surface area contributed by atoms with E-state index >= 15 is 0 Å². The number of hydrogen-bond acceptors (Lipinski definition) is 7. The molecule has 1 saturated carbocycles. The minimum absolute atomic E-state index is 0.00280. The van der Waals surface area contributed by atoms with Gasteiger partial charge in [-0.1, -0.05) is 11.6 Å². The molecule has 2 aliphatic heterocycles. The number of hydrogen-bond donors (Lipinski definition) is 0. The molecule has 146 valence electrons. The van der Waals surface area contributed by atoms with Gasteiger partial charge < -0.3 is 14.2 Å². The van der Waals surface area contributed by atoms with Gasteiger partial charge in [0.2, 0.25) is 17.6 Å². The van der Waals surface area contributed by atoms with Gasteiger partial charge in [-0.05, 0) is 30.9 Å². The number of likely N-dealkylation sites (tertiary alicyclic amines) is 1. The van der Waals surface area contributed by atoms with Crippen LogP contribution in [0.1, 0.15) is 38.0 Å². The van der Waals surface area contributed by atoms with E-state index in [4.69, 9.17) is 9.26 Å². The molecule has 1 aliphatic carbocycles. The minimum atomic E-state index is -0.259. The third-order valence-corrected chi connectivity index (χ3v) is 6.39. The van der Waals surface area contributed by atoms with Crippen LogP contribution in [-0.2, 0) is 19.7 Å². The van der Waals surface area contributed by atoms with Gasteiger partial charge in [0.15, 0.2) is 0 Å². The zero-order chi connectivity index (χ0) is 19.1. The van der Waals surface area contributed by atoms with Gasteiger partial charge in [0, 0.05) is 43.4 Å². The molecule has 4 heterocycles. The van der Waals surface area contributed by atoms with Crippen molar-refractivity contribution in [2.75, 3.05) is 19.7 Å². The lowest BCUT2D eigenvalue weighted by Crippen LogP contribution is -2.35. The van der Waals surface area contributed by atoms with Crippen molar-refractivity contribution in [3.63, 3.8) is 0 Å². The summed E-state index contributed by atoms with van der Waals surface area (Å²) in [4.78, 5) is 34.8. The highest BCUT2D eigenvalue weighted by atomic mass is 16.5. The van der Waals surface area contributed by atoms with E-state index in [2.05, 4.69) is 15.1 Å². The first-order valence-electron chi connectivity index (χ1n) is 9.82. The Morgan fingerprint density at radius 1 is 1.39 bits per heavy atom. The molecule has 28 heavy (non-hydrogen) atoms. The normalized spacial score (nSPS) is 29.1. The van der Waals surface area contributed by atoms with Crippen molar-refractivity contribution in [2.45, 2.75) is 37.5 Å². The third kappa shape index (κ3) is 2.87. The predicted molar refractivity (Wildman–Crippen MR) is 96.8 cm³/mol. The fourth-order valence-electron chi connectivity index (χ4n) is 4.94. The SMILES string of the molecule is O=C1C[C@H](CC(=O)N2C[C@H]3CCC[C@@]3(c3nc(-c4cccnc4)no3)C2)CO1. The number of carbonyl (C=O) groups is 2. The molecule has 2 aromatic rings. The van der Waals surface area contributed by atoms with E-state index in [1.165, 1.54) is 0 Å². The number of nitrogens with zero attached hydrogens (tertiary/aromatic N) is 4. The van der Waals surface area contributed by atoms with Crippen molar-refractivity contribution in [1.82, 2.24) is 20.0 Å². The molecule has 3 aliphatic rings. The second-order valence-corrected chi connectivity index (χ2v) is 8.14. The predicted octanol–water partition coefficient (Wildman–Crippen LogP) is 1.96. The lowest BCUT2D eigenvalue weighted by atomic mass is 9.80. The Morgan fingerprint density at radius 2 is 2.32 bits per heavy atom. The average Bonchev–Trinajstić information content (AvgIpc) is 3.45. The Labute approximate surface area is 162 Å². The van der Waals surface area contributed by atoms with Crippen molar-refractivity contribution in [3.8, 4) is 11.4 Å². The van der Waals surface area contributed by atoms with E-state index in [9.17, 15) is 9.59 Å². The number of pyridine rings is 1. The molecule has 5 rings (SSSR count). The molecule has 2 aromatic heterocycles. The smallest absolute Gasteiger partial charge is 0.306 e. The van der Waals surface area contributed by atoms with Crippen LogP contribution in [0.25, 0.3) is 11.4 Å². The summed E-state index contributed by atoms with van der Waals surface area (Å²) < 4.78 is 10.7. The topological polar surface area (TPSA) is 98.4 Å². The van der Waals surface area contributed by atoms with E-state index in [-0.39, 0.29) is 23.2 Å². The molecule has 8 heteroatoms. The maximum atomic E-state index is 12.8. The summed E-state index contributed by atoms with van der Waals surface area (Å²) in [5.74, 6) is 1.38. The number of aromatic nitrogens is 3. The fourth-order valence-corrected chi connectivity index (χ4v) is 4.94. The number of cyclic esters (lactones) is 1. The van der Waals surface area contributed by atoms with Crippen molar-refractivity contribution in [2.24, 2.45) is 11.8 Å². The van der Waals surface area contributed by atoms with Crippen LogP contribution in [0.5, 0.6) is 0 Å². The first-order valence-corrected chi connectivity index (χ1v) is 9.82. The Bertz CT molecular complexity index is 899. The van der Waals surface area contributed by atoms with Gasteiger partial charge in [0.25, 0.3) is 0 Å². The standard InChI is InChI=1S/C20H22N4O4/c25-16(7-13-8-17(26)27-11-13)24-10-15-4-1-5-20(15,12-24)19-22-18(23-28-19)14-3-2-6-21-9-14/h2-3,6,9,13,15H,1,4-5,7-8,10-12H2/t13-,15+,20+/m0/s1. The molecule has 3 fully saturated rings. The largest absolute Gasteiger partial charge is 0.465 e. The van der Waals surface area contributed by atoms with Gasteiger partial charge in [-0.25, -0.2) is 0 Å². The number of amides is 1. The lowest BCUT2D eigenvalue weighted by Gasteiger charge is -2.24. The van der Waals surface area contributed by atoms with E-state index in [0.717, 1.165) is 24.8 Å². The molecule has 3 atom stereocenters. The van der Waals surface area contributed by atoms with Crippen molar-refractivity contribution >= 4 is 11.9 Å². The van der Waals surface area contributed by atoms with Gasteiger partial charge >= 0.3 is 5.97 Å². The molecular weight excluding hydrogens is 360 g/mol. The molecule has 0 radical (unpaired) electrons. The van der Waals surface area contributed by atoms with Crippen LogP contribution >= 0.6 is 0 Å². The van der Waals surface area contributed by atoms with Crippen LogP contribution in [-0.4, -0.2) is 51.6 Å². The molecule has 0 aromatic carbocycles. The maximum absolute atomic E-state index is 12.8. The Hall–Kier alpha value is -2.77. The van der Waals surface area contributed by atoms with Crippen LogP contribution in [0, 0.1) is 11.8 Å². The molecule has 1 amide bonds. The van der Waals surface area contributed by atoms with E-state index in [1.54, 1.807) is 12.4 Å². The number of fused-ring (bicyclic) bond motifs is 1. The summed E-state index contributed by atoms with van der Waals surface area (Å²) in [5.41, 5.74) is 0.561. The molecule has 8 nitrogen and oxygen atoms in total. The minimum Gasteiger partial charge on any atom is -0.465 e. The number of carbonyl (C=O) groups excluding carboxylic acids is 2. The summed E-state index contributed by atoms with van der Waals surface area (Å²) in [6.45, 7) is 1.67. The highest BCUT2D eigenvalue weighted by Gasteiger charge is 2.55. The summed E-state index contributed by atoms with van der Waals surface area (Å²) in [6, 6.07) is 3.75. The number of rotatable bonds is 4. The van der Waals surface area contributed by atoms with Crippen LogP contribution in [0.4, 0.5) is 0 Å². The summed E-state index contributed by atoms with van der Waals surface area (Å²) in [7, 11) is 0. The molecule has 0 bridgehead atoms. The molecular formula is C20H22N4O4. The quantitative estimate of drug-likeness (QED) is 0.746. The molecule has 2 saturated heterocycles. The zero-order valence-corrected chi connectivity index (χ0v) is 15.5. The van der Waals surface area contributed by atoms with Gasteiger partial charge in [0.05, 0.1) is 18.4 Å². The fraction of sp³-hybridized carbons (Fsp3) is 0.550. The Kier molecular flexibility index (Phi) is 4.14. The highest BCUT2D eigenvalue weighted by molar-refractivity contribution is 5.79. The summed E-state index contributed by atoms with van der Waals surface area (Å²) in [5, 5.41) is 4.16. The second kappa shape index (κ2) is 6.68. The van der Waals surface area contributed by atoms with Gasteiger partial charge in [-0.3, -0.25) is 14.6 Å². The third-order valence-electron chi connectivity index (χ3n) is 6.39. The molecule has 0 spiro atoms. The average molecular weight is 382 g/mol. The molecule has 0 N–H and O–H groups in total. The zero-order valence-electron chi connectivity index (χ0n) is 15.5. The Morgan fingerprint density at radius 3 is 3.11 bits per heavy atom. The van der Waals surface area contributed by atoms with Crippen molar-refractivity contribution in [3.05, 3.63) is 30.4 Å².